The Morgan fingerprint density at radius 3 is 3.06 bits per heavy atom. The van der Waals surface area contributed by atoms with Gasteiger partial charge in [-0.2, -0.15) is 11.8 Å². The molecule has 2 aromatic rings. The van der Waals surface area contributed by atoms with Crippen LogP contribution in [0.4, 0.5) is 4.39 Å². The Hall–Kier alpha value is -1.33. The lowest BCUT2D eigenvalue weighted by Gasteiger charge is -2.01. The van der Waals surface area contributed by atoms with Gasteiger partial charge < -0.3 is 10.2 Å². The molecule has 2 N–H and O–H groups in total. The van der Waals surface area contributed by atoms with E-state index in [2.05, 4.69) is 4.98 Å². The largest absolute Gasteiger partial charge is 0.444 e. The number of nitrogens with zero attached hydrogens (tertiary/aromatic N) is 1. The van der Waals surface area contributed by atoms with Gasteiger partial charge in [0.2, 0.25) is 5.89 Å². The van der Waals surface area contributed by atoms with Gasteiger partial charge in [-0.25, -0.2) is 9.37 Å². The lowest BCUT2D eigenvalue weighted by atomic mass is 10.2. The van der Waals surface area contributed by atoms with Crippen molar-refractivity contribution in [3.05, 3.63) is 42.0 Å². The van der Waals surface area contributed by atoms with Gasteiger partial charge in [-0.05, 0) is 25.1 Å². The summed E-state index contributed by atoms with van der Waals surface area (Å²) >= 11 is 1.70. The number of thioether (sulfide) groups is 1. The molecular formula is C13H15FN2OS. The zero-order valence-corrected chi connectivity index (χ0v) is 10.9. The van der Waals surface area contributed by atoms with Crippen LogP contribution in [-0.2, 0) is 5.75 Å². The van der Waals surface area contributed by atoms with E-state index in [0.29, 0.717) is 11.5 Å². The number of hydrogen-bond donors (Lipinski definition) is 1. The molecule has 1 aromatic heterocycles. The average molecular weight is 266 g/mol. The summed E-state index contributed by atoms with van der Waals surface area (Å²) in [7, 11) is 0. The summed E-state index contributed by atoms with van der Waals surface area (Å²) in [5.74, 6) is 1.78. The Labute approximate surface area is 110 Å². The zero-order valence-electron chi connectivity index (χ0n) is 10.1. The first-order chi connectivity index (χ1) is 8.65. The quantitative estimate of drug-likeness (QED) is 0.903. The normalized spacial score (nSPS) is 12.6. The van der Waals surface area contributed by atoms with Crippen molar-refractivity contribution in [2.45, 2.75) is 18.7 Å². The maximum Gasteiger partial charge on any atom is 0.226 e. The molecular weight excluding hydrogens is 251 g/mol. The van der Waals surface area contributed by atoms with Crippen LogP contribution in [-0.4, -0.2) is 16.8 Å². The Morgan fingerprint density at radius 2 is 2.33 bits per heavy atom. The van der Waals surface area contributed by atoms with E-state index < -0.39 is 0 Å². The van der Waals surface area contributed by atoms with Gasteiger partial charge >= 0.3 is 0 Å². The highest BCUT2D eigenvalue weighted by molar-refractivity contribution is 7.98. The van der Waals surface area contributed by atoms with Crippen LogP contribution in [0.5, 0.6) is 0 Å². The molecule has 2 rings (SSSR count). The minimum Gasteiger partial charge on any atom is -0.444 e. The molecule has 1 heterocycles. The number of oxazole rings is 1. The predicted molar refractivity (Wildman–Crippen MR) is 71.7 cm³/mol. The Morgan fingerprint density at radius 1 is 1.50 bits per heavy atom. The fourth-order valence-corrected chi connectivity index (χ4v) is 2.31. The molecule has 0 radical (unpaired) electrons. The molecule has 0 fully saturated rings. The first kappa shape index (κ1) is 13.1. The Balaban J connectivity index is 2.02. The molecule has 1 atom stereocenters. The topological polar surface area (TPSA) is 52.0 Å². The first-order valence-electron chi connectivity index (χ1n) is 5.69. The number of rotatable bonds is 5. The smallest absolute Gasteiger partial charge is 0.226 e. The van der Waals surface area contributed by atoms with Crippen LogP contribution in [0, 0.1) is 5.82 Å². The van der Waals surface area contributed by atoms with Gasteiger partial charge in [-0.15, -0.1) is 0 Å². The molecule has 0 bridgehead atoms. The highest BCUT2D eigenvalue weighted by atomic mass is 32.2. The SMILES string of the molecule is CC(N)CSCc1coc(-c2cccc(F)c2)n1. The molecule has 0 saturated carbocycles. The van der Waals surface area contributed by atoms with Gasteiger partial charge in [-0.3, -0.25) is 0 Å². The summed E-state index contributed by atoms with van der Waals surface area (Å²) in [6.07, 6.45) is 1.61. The van der Waals surface area contributed by atoms with E-state index in [1.165, 1.54) is 12.1 Å². The van der Waals surface area contributed by atoms with Crippen molar-refractivity contribution in [3.63, 3.8) is 0 Å². The van der Waals surface area contributed by atoms with Crippen molar-refractivity contribution in [2.75, 3.05) is 5.75 Å². The molecule has 0 spiro atoms. The van der Waals surface area contributed by atoms with Crippen LogP contribution in [0.3, 0.4) is 0 Å². The number of aromatic nitrogens is 1. The lowest BCUT2D eigenvalue weighted by molar-refractivity contribution is 0.571. The maximum absolute atomic E-state index is 13.1. The van der Waals surface area contributed by atoms with E-state index in [0.717, 1.165) is 17.2 Å². The van der Waals surface area contributed by atoms with Crippen molar-refractivity contribution >= 4 is 11.8 Å². The van der Waals surface area contributed by atoms with Crippen LogP contribution >= 0.6 is 11.8 Å². The Bertz CT molecular complexity index is 513. The van der Waals surface area contributed by atoms with Crippen molar-refractivity contribution < 1.29 is 8.81 Å². The van der Waals surface area contributed by atoms with Crippen LogP contribution in [0.15, 0.2) is 34.9 Å². The molecule has 0 aliphatic rings. The minimum absolute atomic E-state index is 0.171. The standard InChI is InChI=1S/C13H15FN2OS/c1-9(15)7-18-8-12-6-17-13(16-12)10-3-2-4-11(14)5-10/h2-6,9H,7-8,15H2,1H3. The van der Waals surface area contributed by atoms with Gasteiger partial charge in [0.15, 0.2) is 0 Å². The second kappa shape index (κ2) is 6.02. The average Bonchev–Trinajstić information content (AvgIpc) is 2.77. The second-order valence-corrected chi connectivity index (χ2v) is 5.18. The summed E-state index contributed by atoms with van der Waals surface area (Å²) in [6, 6.07) is 6.38. The van der Waals surface area contributed by atoms with Crippen LogP contribution < -0.4 is 5.73 Å². The summed E-state index contributed by atoms with van der Waals surface area (Å²) in [5.41, 5.74) is 7.16. The molecule has 1 unspecified atom stereocenters. The van der Waals surface area contributed by atoms with Crippen LogP contribution in [0.1, 0.15) is 12.6 Å². The molecule has 0 saturated heterocycles. The zero-order chi connectivity index (χ0) is 13.0. The Kier molecular flexibility index (Phi) is 4.38. The maximum atomic E-state index is 13.1. The monoisotopic (exact) mass is 266 g/mol. The van der Waals surface area contributed by atoms with Gasteiger partial charge in [0.05, 0.1) is 5.69 Å². The van der Waals surface area contributed by atoms with Gasteiger partial charge in [0.1, 0.15) is 12.1 Å². The third-order valence-corrected chi connectivity index (χ3v) is 3.52. The second-order valence-electron chi connectivity index (χ2n) is 4.15. The third-order valence-electron chi connectivity index (χ3n) is 2.25. The number of nitrogens with two attached hydrogens (primary N) is 1. The molecule has 0 amide bonds. The highest BCUT2D eigenvalue weighted by Crippen LogP contribution is 2.21. The molecule has 1 aromatic carbocycles. The van der Waals surface area contributed by atoms with E-state index in [4.69, 9.17) is 10.2 Å². The van der Waals surface area contributed by atoms with Crippen molar-refractivity contribution in [2.24, 2.45) is 5.73 Å². The fraction of sp³-hybridized carbons (Fsp3) is 0.308. The predicted octanol–water partition coefficient (Wildman–Crippen LogP) is 3.06. The molecule has 96 valence electrons. The number of hydrogen-bond acceptors (Lipinski definition) is 4. The summed E-state index contributed by atoms with van der Waals surface area (Å²) in [6.45, 7) is 1.97. The first-order valence-corrected chi connectivity index (χ1v) is 6.84. The van der Waals surface area contributed by atoms with E-state index in [-0.39, 0.29) is 11.9 Å². The lowest BCUT2D eigenvalue weighted by Crippen LogP contribution is -2.17. The van der Waals surface area contributed by atoms with Crippen molar-refractivity contribution in [3.8, 4) is 11.5 Å². The van der Waals surface area contributed by atoms with Crippen molar-refractivity contribution in [1.29, 1.82) is 0 Å². The summed E-state index contributed by atoms with van der Waals surface area (Å²) in [5, 5.41) is 0. The van der Waals surface area contributed by atoms with Gasteiger partial charge in [0.25, 0.3) is 0 Å². The summed E-state index contributed by atoms with van der Waals surface area (Å²) in [4.78, 5) is 4.32. The highest BCUT2D eigenvalue weighted by Gasteiger charge is 2.07. The van der Waals surface area contributed by atoms with Crippen LogP contribution in [0.25, 0.3) is 11.5 Å². The van der Waals surface area contributed by atoms with Crippen molar-refractivity contribution in [1.82, 2.24) is 4.98 Å². The van der Waals surface area contributed by atoms with Gasteiger partial charge in [0, 0.05) is 23.1 Å². The molecule has 18 heavy (non-hydrogen) atoms. The van der Waals surface area contributed by atoms with E-state index in [1.54, 1.807) is 30.2 Å². The van der Waals surface area contributed by atoms with Gasteiger partial charge in [-0.1, -0.05) is 6.07 Å². The fourth-order valence-electron chi connectivity index (χ4n) is 1.48. The number of benzene rings is 1. The molecule has 0 aliphatic heterocycles. The van der Waals surface area contributed by atoms with E-state index >= 15 is 0 Å². The van der Waals surface area contributed by atoms with E-state index in [1.807, 2.05) is 6.92 Å². The minimum atomic E-state index is -0.293. The molecule has 5 heteroatoms. The molecule has 0 aliphatic carbocycles. The van der Waals surface area contributed by atoms with Crippen LogP contribution in [0.2, 0.25) is 0 Å². The molecule has 3 nitrogen and oxygen atoms in total. The third kappa shape index (κ3) is 3.58. The van der Waals surface area contributed by atoms with E-state index in [9.17, 15) is 4.39 Å². The summed E-state index contributed by atoms with van der Waals surface area (Å²) < 4.78 is 18.4. The number of halogens is 1.